The van der Waals surface area contributed by atoms with E-state index in [1.807, 2.05) is 4.68 Å². The molecule has 5 heteroatoms. The number of hydrogen-bond acceptors (Lipinski definition) is 3. The third kappa shape index (κ3) is 1.50. The quantitative estimate of drug-likeness (QED) is 0.709. The Balaban J connectivity index is 2.22. The Morgan fingerprint density at radius 1 is 1.28 bits per heavy atom. The molecule has 3 heterocycles. The van der Waals surface area contributed by atoms with Crippen LogP contribution in [0.5, 0.6) is 0 Å². The van der Waals surface area contributed by atoms with Gasteiger partial charge in [0.2, 0.25) is 0 Å². The van der Waals surface area contributed by atoms with Gasteiger partial charge in [0, 0.05) is 35.1 Å². The largest absolute Gasteiger partial charge is 0.294 e. The van der Waals surface area contributed by atoms with Crippen LogP contribution in [0.2, 0.25) is 0 Å². The molecule has 0 saturated carbocycles. The number of imidazole rings is 1. The highest BCUT2D eigenvalue weighted by molar-refractivity contribution is 7.15. The summed E-state index contributed by atoms with van der Waals surface area (Å²) in [5, 5.41) is 6.68. The van der Waals surface area contributed by atoms with E-state index in [9.17, 15) is 0 Å². The molecule has 4 nitrogen and oxygen atoms in total. The van der Waals surface area contributed by atoms with Crippen LogP contribution < -0.4 is 0 Å². The van der Waals surface area contributed by atoms with Gasteiger partial charge in [-0.3, -0.25) is 9.08 Å². The number of thiazole rings is 1. The van der Waals surface area contributed by atoms with E-state index in [1.165, 1.54) is 17.0 Å². The van der Waals surface area contributed by atoms with Crippen molar-refractivity contribution in [2.24, 2.45) is 0 Å². The molecule has 0 aliphatic carbocycles. The summed E-state index contributed by atoms with van der Waals surface area (Å²) >= 11 is 1.68. The molecule has 3 rings (SSSR count). The molecule has 0 bridgehead atoms. The van der Waals surface area contributed by atoms with Crippen LogP contribution in [0.15, 0.2) is 11.6 Å². The maximum Gasteiger partial charge on any atom is 0.194 e. The molecular weight excluding hydrogens is 244 g/mol. The summed E-state index contributed by atoms with van der Waals surface area (Å²) in [5.74, 6) is 0. The first-order valence-corrected chi connectivity index (χ1v) is 6.97. The number of rotatable bonds is 2. The maximum absolute atomic E-state index is 4.70. The minimum atomic E-state index is 0.897. The summed E-state index contributed by atoms with van der Waals surface area (Å²) in [6, 6.07) is 0. The topological polar surface area (TPSA) is 35.1 Å². The summed E-state index contributed by atoms with van der Waals surface area (Å²) in [5.41, 5.74) is 5.68. The molecule has 0 fully saturated rings. The van der Waals surface area contributed by atoms with Crippen LogP contribution >= 0.6 is 11.3 Å². The van der Waals surface area contributed by atoms with Gasteiger partial charge in [-0.25, -0.2) is 4.98 Å². The Morgan fingerprint density at radius 2 is 2.06 bits per heavy atom. The Morgan fingerprint density at radius 3 is 2.67 bits per heavy atom. The Labute approximate surface area is 110 Å². The first kappa shape index (κ1) is 11.5. The smallest absolute Gasteiger partial charge is 0.194 e. The fourth-order valence-electron chi connectivity index (χ4n) is 2.39. The fourth-order valence-corrected chi connectivity index (χ4v) is 3.24. The average Bonchev–Trinajstić information content (AvgIpc) is 2.96. The summed E-state index contributed by atoms with van der Waals surface area (Å²) in [6.45, 7) is 9.27. The highest BCUT2D eigenvalue weighted by Crippen LogP contribution is 2.28. The van der Waals surface area contributed by atoms with Gasteiger partial charge >= 0.3 is 0 Å². The molecule has 3 aromatic rings. The first-order chi connectivity index (χ1) is 8.61. The van der Waals surface area contributed by atoms with Crippen LogP contribution in [0.1, 0.15) is 24.0 Å². The highest BCUT2D eigenvalue weighted by atomic mass is 32.1. The van der Waals surface area contributed by atoms with Gasteiger partial charge in [0.1, 0.15) is 0 Å². The number of nitrogens with zero attached hydrogens (tertiary/aromatic N) is 4. The predicted octanol–water partition coefficient (Wildman–Crippen LogP) is 3.20. The van der Waals surface area contributed by atoms with Crippen molar-refractivity contribution in [1.82, 2.24) is 19.2 Å². The van der Waals surface area contributed by atoms with Crippen LogP contribution in [0.3, 0.4) is 0 Å². The maximum atomic E-state index is 4.70. The van der Waals surface area contributed by atoms with E-state index in [0.717, 1.165) is 22.9 Å². The minimum absolute atomic E-state index is 0.897. The number of fused-ring (bicyclic) bond motifs is 1. The zero-order chi connectivity index (χ0) is 12.9. The van der Waals surface area contributed by atoms with Crippen molar-refractivity contribution in [3.63, 3.8) is 0 Å². The molecule has 0 spiro atoms. The zero-order valence-corrected chi connectivity index (χ0v) is 11.9. The van der Waals surface area contributed by atoms with Crippen LogP contribution in [-0.2, 0) is 6.54 Å². The molecule has 0 aliphatic rings. The van der Waals surface area contributed by atoms with Gasteiger partial charge in [0.05, 0.1) is 11.4 Å². The van der Waals surface area contributed by atoms with Gasteiger partial charge in [0.25, 0.3) is 0 Å². The van der Waals surface area contributed by atoms with E-state index in [1.54, 1.807) is 11.3 Å². The van der Waals surface area contributed by atoms with E-state index in [4.69, 9.17) is 4.98 Å². The van der Waals surface area contributed by atoms with E-state index < -0.39 is 0 Å². The lowest BCUT2D eigenvalue weighted by Crippen LogP contribution is -1.98. The molecule has 18 heavy (non-hydrogen) atoms. The standard InChI is InChI=1S/C13H16N4S/c1-5-17-10(4)12(9(3)15-17)11-6-16-8(2)7-18-13(16)14-11/h6-7H,5H2,1-4H3. The van der Waals surface area contributed by atoms with E-state index >= 15 is 0 Å². The van der Waals surface area contributed by atoms with Crippen molar-refractivity contribution in [3.8, 4) is 11.3 Å². The second kappa shape index (κ2) is 3.95. The Bertz CT molecular complexity index is 717. The van der Waals surface area contributed by atoms with Gasteiger partial charge in [-0.2, -0.15) is 5.10 Å². The summed E-state index contributed by atoms with van der Waals surface area (Å²) in [7, 11) is 0. The molecule has 0 aliphatic heterocycles. The van der Waals surface area contributed by atoms with Crippen LogP contribution in [0.4, 0.5) is 0 Å². The number of aromatic nitrogens is 4. The van der Waals surface area contributed by atoms with Crippen LogP contribution in [-0.4, -0.2) is 19.2 Å². The Kier molecular flexibility index (Phi) is 2.52. The van der Waals surface area contributed by atoms with E-state index in [-0.39, 0.29) is 0 Å². The molecule has 3 aromatic heterocycles. The van der Waals surface area contributed by atoms with Crippen molar-refractivity contribution in [1.29, 1.82) is 0 Å². The summed E-state index contributed by atoms with van der Waals surface area (Å²) in [4.78, 5) is 5.75. The lowest BCUT2D eigenvalue weighted by Gasteiger charge is -1.99. The lowest BCUT2D eigenvalue weighted by molar-refractivity contribution is 0.634. The van der Waals surface area contributed by atoms with Gasteiger partial charge < -0.3 is 0 Å². The number of aryl methyl sites for hydroxylation is 3. The normalized spacial score (nSPS) is 11.6. The second-order valence-corrected chi connectivity index (χ2v) is 5.35. The molecule has 0 unspecified atom stereocenters. The summed E-state index contributed by atoms with van der Waals surface area (Å²) in [6.07, 6.45) is 2.11. The van der Waals surface area contributed by atoms with Gasteiger partial charge in [-0.05, 0) is 27.7 Å². The van der Waals surface area contributed by atoms with Gasteiger partial charge in [-0.15, -0.1) is 11.3 Å². The molecule has 0 saturated heterocycles. The van der Waals surface area contributed by atoms with Gasteiger partial charge in [-0.1, -0.05) is 0 Å². The average molecular weight is 260 g/mol. The number of hydrogen-bond donors (Lipinski definition) is 0. The SMILES string of the molecule is CCn1nc(C)c(-c2cn3c(C)csc3n2)c1C. The molecule has 0 amide bonds. The van der Waals surface area contributed by atoms with Crippen molar-refractivity contribution in [2.75, 3.05) is 0 Å². The van der Waals surface area contributed by atoms with Crippen molar-refractivity contribution in [3.05, 3.63) is 28.7 Å². The highest BCUT2D eigenvalue weighted by Gasteiger charge is 2.16. The van der Waals surface area contributed by atoms with Gasteiger partial charge in [0.15, 0.2) is 4.96 Å². The third-order valence-corrected chi connectivity index (χ3v) is 4.28. The second-order valence-electron chi connectivity index (χ2n) is 4.52. The van der Waals surface area contributed by atoms with Crippen LogP contribution in [0, 0.1) is 20.8 Å². The monoisotopic (exact) mass is 260 g/mol. The Hall–Kier alpha value is -1.62. The minimum Gasteiger partial charge on any atom is -0.294 e. The molecule has 94 valence electrons. The van der Waals surface area contributed by atoms with Crippen LogP contribution in [0.25, 0.3) is 16.2 Å². The molecular formula is C13H16N4S. The summed E-state index contributed by atoms with van der Waals surface area (Å²) < 4.78 is 4.17. The fraction of sp³-hybridized carbons (Fsp3) is 0.385. The van der Waals surface area contributed by atoms with E-state index in [2.05, 4.69) is 48.8 Å². The molecule has 0 aromatic carbocycles. The zero-order valence-electron chi connectivity index (χ0n) is 11.1. The third-order valence-electron chi connectivity index (χ3n) is 3.33. The van der Waals surface area contributed by atoms with Crippen molar-refractivity contribution in [2.45, 2.75) is 34.2 Å². The van der Waals surface area contributed by atoms with Crippen molar-refractivity contribution >= 4 is 16.3 Å². The lowest BCUT2D eigenvalue weighted by atomic mass is 10.1. The predicted molar refractivity (Wildman–Crippen MR) is 74.2 cm³/mol. The molecule has 0 radical (unpaired) electrons. The van der Waals surface area contributed by atoms with E-state index in [0.29, 0.717) is 0 Å². The first-order valence-electron chi connectivity index (χ1n) is 6.09. The molecule has 0 N–H and O–H groups in total. The molecule has 0 atom stereocenters. The van der Waals surface area contributed by atoms with Crippen molar-refractivity contribution < 1.29 is 0 Å².